The number of nitrogens with zero attached hydrogens (tertiary/aromatic N) is 1. The number of halogens is 1. The molecule has 0 aromatic heterocycles. The van der Waals surface area contributed by atoms with Crippen LogP contribution in [0.2, 0.25) is 0 Å². The second-order valence-corrected chi connectivity index (χ2v) is 8.21. The molecule has 0 heterocycles. The van der Waals surface area contributed by atoms with E-state index in [-0.39, 0.29) is 12.0 Å². The molecule has 2 rings (SSSR count). The fraction of sp³-hybridized carbons (Fsp3) is 0.538. The second kappa shape index (κ2) is 6.07. The van der Waals surface area contributed by atoms with Gasteiger partial charge >= 0.3 is 0 Å². The SMILES string of the molecule is CN(C1CCCC1CN)S(=O)(=O)c1ccc(I)cc1. The van der Waals surface area contributed by atoms with Gasteiger partial charge in [-0.25, -0.2) is 8.42 Å². The molecule has 1 saturated carbocycles. The lowest BCUT2D eigenvalue weighted by atomic mass is 10.0. The molecule has 1 aliphatic carbocycles. The summed E-state index contributed by atoms with van der Waals surface area (Å²) in [7, 11) is -1.74. The molecule has 1 aromatic rings. The van der Waals surface area contributed by atoms with E-state index in [9.17, 15) is 8.42 Å². The van der Waals surface area contributed by atoms with Gasteiger partial charge in [0, 0.05) is 16.7 Å². The summed E-state index contributed by atoms with van der Waals surface area (Å²) in [6.07, 6.45) is 2.98. The van der Waals surface area contributed by atoms with Crippen molar-refractivity contribution >= 4 is 32.6 Å². The van der Waals surface area contributed by atoms with Crippen LogP contribution < -0.4 is 5.73 Å². The summed E-state index contributed by atoms with van der Waals surface area (Å²) < 4.78 is 27.7. The fourth-order valence-electron chi connectivity index (χ4n) is 2.72. The average Bonchev–Trinajstić information content (AvgIpc) is 2.86. The second-order valence-electron chi connectivity index (χ2n) is 4.97. The Hall–Kier alpha value is -0.180. The first-order valence-corrected chi connectivity index (χ1v) is 8.92. The maximum Gasteiger partial charge on any atom is 0.243 e. The summed E-state index contributed by atoms with van der Waals surface area (Å²) in [5.74, 6) is 0.281. The maximum absolute atomic E-state index is 12.6. The van der Waals surface area contributed by atoms with Gasteiger partial charge in [0.1, 0.15) is 0 Å². The van der Waals surface area contributed by atoms with Crippen molar-refractivity contribution in [3.63, 3.8) is 0 Å². The minimum atomic E-state index is -3.41. The zero-order chi connectivity index (χ0) is 14.0. The Morgan fingerprint density at radius 1 is 1.32 bits per heavy atom. The highest BCUT2D eigenvalue weighted by molar-refractivity contribution is 14.1. The van der Waals surface area contributed by atoms with E-state index >= 15 is 0 Å². The lowest BCUT2D eigenvalue weighted by Crippen LogP contribution is -2.41. The minimum absolute atomic E-state index is 0.0364. The molecule has 0 radical (unpaired) electrons. The van der Waals surface area contributed by atoms with Crippen LogP contribution in [0.15, 0.2) is 29.2 Å². The number of hydrogen-bond acceptors (Lipinski definition) is 3. The third-order valence-corrected chi connectivity index (χ3v) is 6.50. The number of nitrogens with two attached hydrogens (primary N) is 1. The van der Waals surface area contributed by atoms with Crippen LogP contribution in [0.4, 0.5) is 0 Å². The quantitative estimate of drug-likeness (QED) is 0.796. The lowest BCUT2D eigenvalue weighted by molar-refractivity contribution is 0.304. The van der Waals surface area contributed by atoms with Crippen LogP contribution in [-0.4, -0.2) is 32.4 Å². The van der Waals surface area contributed by atoms with Gasteiger partial charge in [-0.3, -0.25) is 0 Å². The van der Waals surface area contributed by atoms with Crippen molar-refractivity contribution in [2.75, 3.05) is 13.6 Å². The maximum atomic E-state index is 12.6. The topological polar surface area (TPSA) is 63.4 Å². The smallest absolute Gasteiger partial charge is 0.243 e. The van der Waals surface area contributed by atoms with E-state index in [2.05, 4.69) is 22.6 Å². The molecular formula is C13H19IN2O2S. The van der Waals surface area contributed by atoms with Gasteiger partial charge in [-0.05, 0) is 72.2 Å². The number of sulfonamides is 1. The van der Waals surface area contributed by atoms with E-state index < -0.39 is 10.0 Å². The fourth-order valence-corrected chi connectivity index (χ4v) is 4.53. The van der Waals surface area contributed by atoms with Gasteiger partial charge in [0.05, 0.1) is 4.90 Å². The van der Waals surface area contributed by atoms with E-state index in [0.29, 0.717) is 11.4 Å². The van der Waals surface area contributed by atoms with Crippen molar-refractivity contribution < 1.29 is 8.42 Å². The minimum Gasteiger partial charge on any atom is -0.330 e. The van der Waals surface area contributed by atoms with Gasteiger partial charge in [0.15, 0.2) is 0 Å². The summed E-state index contributed by atoms with van der Waals surface area (Å²) in [5, 5.41) is 0. The molecular weight excluding hydrogens is 375 g/mol. The van der Waals surface area contributed by atoms with Crippen LogP contribution in [0.5, 0.6) is 0 Å². The molecule has 106 valence electrons. The molecule has 0 spiro atoms. The average molecular weight is 394 g/mol. The van der Waals surface area contributed by atoms with Crippen molar-refractivity contribution in [3.8, 4) is 0 Å². The van der Waals surface area contributed by atoms with Gasteiger partial charge in [-0.2, -0.15) is 4.31 Å². The largest absolute Gasteiger partial charge is 0.330 e. The first kappa shape index (κ1) is 15.2. The number of hydrogen-bond donors (Lipinski definition) is 1. The molecule has 0 amide bonds. The lowest BCUT2D eigenvalue weighted by Gasteiger charge is -2.28. The summed E-state index contributed by atoms with van der Waals surface area (Å²) in [4.78, 5) is 0.359. The zero-order valence-corrected chi connectivity index (χ0v) is 13.9. The normalized spacial score (nSPS) is 24.0. The van der Waals surface area contributed by atoms with E-state index in [4.69, 9.17) is 5.73 Å². The molecule has 19 heavy (non-hydrogen) atoms. The number of rotatable bonds is 4. The Bertz CT molecular complexity index is 530. The predicted octanol–water partition coefficient (Wildman–Crippen LogP) is 2.04. The van der Waals surface area contributed by atoms with Crippen LogP contribution in [-0.2, 0) is 10.0 Å². The Morgan fingerprint density at radius 2 is 1.95 bits per heavy atom. The van der Waals surface area contributed by atoms with Gasteiger partial charge in [-0.1, -0.05) is 6.42 Å². The van der Waals surface area contributed by atoms with Crippen molar-refractivity contribution in [2.24, 2.45) is 11.7 Å². The highest BCUT2D eigenvalue weighted by Gasteiger charge is 2.35. The third-order valence-electron chi connectivity index (χ3n) is 3.88. The molecule has 2 unspecified atom stereocenters. The van der Waals surface area contributed by atoms with E-state index in [0.717, 1.165) is 22.8 Å². The summed E-state index contributed by atoms with van der Waals surface area (Å²) in [5.41, 5.74) is 5.74. The van der Waals surface area contributed by atoms with Gasteiger partial charge in [0.2, 0.25) is 10.0 Å². The molecule has 1 aliphatic rings. The highest BCUT2D eigenvalue weighted by Crippen LogP contribution is 2.31. The van der Waals surface area contributed by atoms with E-state index in [1.54, 1.807) is 19.2 Å². The van der Waals surface area contributed by atoms with Gasteiger partial charge in [0.25, 0.3) is 0 Å². The number of benzene rings is 1. The van der Waals surface area contributed by atoms with E-state index in [1.807, 2.05) is 12.1 Å². The van der Waals surface area contributed by atoms with Gasteiger partial charge in [-0.15, -0.1) is 0 Å². The van der Waals surface area contributed by atoms with Crippen LogP contribution in [0, 0.1) is 9.49 Å². The van der Waals surface area contributed by atoms with Crippen molar-refractivity contribution in [1.82, 2.24) is 4.31 Å². The van der Waals surface area contributed by atoms with Crippen LogP contribution in [0.25, 0.3) is 0 Å². The zero-order valence-electron chi connectivity index (χ0n) is 10.9. The molecule has 2 N–H and O–H groups in total. The molecule has 6 heteroatoms. The van der Waals surface area contributed by atoms with E-state index in [1.165, 1.54) is 4.31 Å². The monoisotopic (exact) mass is 394 g/mol. The Morgan fingerprint density at radius 3 is 2.53 bits per heavy atom. The summed E-state index contributed by atoms with van der Waals surface area (Å²) in [6.45, 7) is 0.553. The molecule has 0 bridgehead atoms. The standard InChI is InChI=1S/C13H19IN2O2S/c1-16(13-4-2-3-10(13)9-15)19(17,18)12-7-5-11(14)6-8-12/h5-8,10,13H,2-4,9,15H2,1H3. The first-order valence-electron chi connectivity index (χ1n) is 6.40. The van der Waals surface area contributed by atoms with Gasteiger partial charge < -0.3 is 5.73 Å². The predicted molar refractivity (Wildman–Crippen MR) is 84.3 cm³/mol. The van der Waals surface area contributed by atoms with Crippen LogP contribution in [0.3, 0.4) is 0 Å². The third kappa shape index (κ3) is 3.12. The molecule has 0 aliphatic heterocycles. The van der Waals surface area contributed by atoms with Crippen LogP contribution in [0.1, 0.15) is 19.3 Å². The Kier molecular flexibility index (Phi) is 4.86. The van der Waals surface area contributed by atoms with Crippen LogP contribution >= 0.6 is 22.6 Å². The molecule has 1 aromatic carbocycles. The molecule has 2 atom stereocenters. The summed E-state index contributed by atoms with van der Waals surface area (Å²) >= 11 is 2.16. The van der Waals surface area contributed by atoms with Crippen molar-refractivity contribution in [1.29, 1.82) is 0 Å². The van der Waals surface area contributed by atoms with Crippen molar-refractivity contribution in [2.45, 2.75) is 30.2 Å². The molecule has 4 nitrogen and oxygen atoms in total. The first-order chi connectivity index (χ1) is 8.96. The Balaban J connectivity index is 2.26. The molecule has 1 fully saturated rings. The molecule has 0 saturated heterocycles. The van der Waals surface area contributed by atoms with Crippen molar-refractivity contribution in [3.05, 3.63) is 27.8 Å². The summed E-state index contributed by atoms with van der Waals surface area (Å²) in [6, 6.07) is 7.00. The highest BCUT2D eigenvalue weighted by atomic mass is 127. The Labute approximate surface area is 128 Å².